The van der Waals surface area contributed by atoms with Crippen LogP contribution in [0.1, 0.15) is 15.9 Å². The number of rotatable bonds is 8. The van der Waals surface area contributed by atoms with E-state index in [-0.39, 0.29) is 30.5 Å². The van der Waals surface area contributed by atoms with Crippen LogP contribution in [-0.2, 0) is 20.8 Å². The van der Waals surface area contributed by atoms with Gasteiger partial charge in [0.15, 0.2) is 6.29 Å². The number of hydrogen-bond acceptors (Lipinski definition) is 5. The molecule has 0 saturated heterocycles. The molecule has 1 aromatic carbocycles. The number of nitrogens with zero attached hydrogens (tertiary/aromatic N) is 1. The number of anilines is 1. The summed E-state index contributed by atoms with van der Waals surface area (Å²) in [6.07, 6.45) is 1.07. The van der Waals surface area contributed by atoms with Gasteiger partial charge < -0.3 is 24.7 Å². The second-order valence-electron chi connectivity index (χ2n) is 5.91. The zero-order chi connectivity index (χ0) is 19.8. The summed E-state index contributed by atoms with van der Waals surface area (Å²) in [7, 11) is 2.98. The van der Waals surface area contributed by atoms with Crippen molar-refractivity contribution in [1.82, 2.24) is 9.88 Å². The molecule has 27 heavy (non-hydrogen) atoms. The van der Waals surface area contributed by atoms with E-state index < -0.39 is 6.29 Å². The average Bonchev–Trinajstić information content (AvgIpc) is 2.65. The fraction of sp³-hybridized carbons (Fsp3) is 0.316. The van der Waals surface area contributed by atoms with Crippen LogP contribution in [0.5, 0.6) is 0 Å². The van der Waals surface area contributed by atoms with Gasteiger partial charge in [0, 0.05) is 37.7 Å². The molecule has 0 saturated carbocycles. The van der Waals surface area contributed by atoms with E-state index in [0.717, 1.165) is 5.56 Å². The van der Waals surface area contributed by atoms with Crippen molar-refractivity contribution in [2.75, 3.05) is 26.1 Å². The molecule has 0 spiro atoms. The zero-order valence-electron chi connectivity index (χ0n) is 15.5. The second-order valence-corrected chi connectivity index (χ2v) is 5.91. The van der Waals surface area contributed by atoms with Crippen LogP contribution in [-0.4, -0.2) is 43.4 Å². The van der Waals surface area contributed by atoms with E-state index in [1.165, 1.54) is 24.9 Å². The number of ether oxygens (including phenoxy) is 2. The molecule has 2 rings (SSSR count). The van der Waals surface area contributed by atoms with Crippen molar-refractivity contribution in [3.63, 3.8) is 0 Å². The highest BCUT2D eigenvalue weighted by atomic mass is 16.7. The van der Waals surface area contributed by atoms with Crippen LogP contribution in [0.4, 0.5) is 5.69 Å². The van der Waals surface area contributed by atoms with E-state index in [1.807, 2.05) is 6.92 Å². The topological polar surface area (TPSA) is 98.7 Å². The van der Waals surface area contributed by atoms with Crippen molar-refractivity contribution in [2.24, 2.45) is 0 Å². The first-order valence-electron chi connectivity index (χ1n) is 8.33. The maximum atomic E-state index is 12.1. The maximum Gasteiger partial charge on any atom is 0.251 e. The van der Waals surface area contributed by atoms with Crippen LogP contribution >= 0.6 is 0 Å². The Labute approximate surface area is 157 Å². The molecular weight excluding hydrogens is 350 g/mol. The van der Waals surface area contributed by atoms with Gasteiger partial charge in [-0.3, -0.25) is 14.4 Å². The molecule has 1 aromatic heterocycles. The molecule has 0 bridgehead atoms. The minimum atomic E-state index is -0.516. The molecule has 0 fully saturated rings. The molecule has 8 heteroatoms. The Morgan fingerprint density at radius 1 is 1.11 bits per heavy atom. The van der Waals surface area contributed by atoms with Crippen LogP contribution in [0.2, 0.25) is 0 Å². The normalized spacial score (nSPS) is 10.7. The lowest BCUT2D eigenvalue weighted by Crippen LogP contribution is -2.34. The summed E-state index contributed by atoms with van der Waals surface area (Å²) < 4.78 is 11.3. The van der Waals surface area contributed by atoms with Crippen molar-refractivity contribution in [3.05, 3.63) is 64.1 Å². The Balaban J connectivity index is 1.91. The van der Waals surface area contributed by atoms with Crippen LogP contribution < -0.4 is 16.2 Å². The van der Waals surface area contributed by atoms with Crippen LogP contribution in [0, 0.1) is 6.92 Å². The van der Waals surface area contributed by atoms with Gasteiger partial charge in [0.05, 0.1) is 6.54 Å². The summed E-state index contributed by atoms with van der Waals surface area (Å²) in [5.41, 5.74) is 1.58. The Hall–Kier alpha value is -2.97. The standard InChI is InChI=1S/C19H23N3O5/c1-13-8-9-22(17(24)10-13)12-16(23)21-15-6-4-14(5-7-15)19(25)20-11-18(26-2)27-3/h4-10,18H,11-12H2,1-3H3,(H,20,25)(H,21,23). The summed E-state index contributed by atoms with van der Waals surface area (Å²) in [4.78, 5) is 36.0. The lowest BCUT2D eigenvalue weighted by atomic mass is 10.2. The first-order chi connectivity index (χ1) is 12.9. The third-order valence-corrected chi connectivity index (χ3v) is 3.85. The molecule has 2 aromatic rings. The molecule has 2 N–H and O–H groups in total. The molecule has 0 aliphatic rings. The van der Waals surface area contributed by atoms with E-state index in [9.17, 15) is 14.4 Å². The Kier molecular flexibility index (Phi) is 7.27. The van der Waals surface area contributed by atoms with Crippen molar-refractivity contribution >= 4 is 17.5 Å². The minimum absolute atomic E-state index is 0.0865. The van der Waals surface area contributed by atoms with Gasteiger partial charge in [-0.1, -0.05) is 0 Å². The molecule has 0 aliphatic heterocycles. The largest absolute Gasteiger partial charge is 0.354 e. The number of aryl methyl sites for hydroxylation is 1. The molecule has 8 nitrogen and oxygen atoms in total. The zero-order valence-corrected chi connectivity index (χ0v) is 15.5. The quantitative estimate of drug-likeness (QED) is 0.676. The smallest absolute Gasteiger partial charge is 0.251 e. The van der Waals surface area contributed by atoms with Gasteiger partial charge >= 0.3 is 0 Å². The fourth-order valence-corrected chi connectivity index (χ4v) is 2.34. The number of nitrogens with one attached hydrogen (secondary N) is 2. The predicted molar refractivity (Wildman–Crippen MR) is 101 cm³/mol. The lowest BCUT2D eigenvalue weighted by molar-refractivity contribution is -0.116. The maximum absolute atomic E-state index is 12.1. The number of hydrogen-bond donors (Lipinski definition) is 2. The number of aromatic nitrogens is 1. The summed E-state index contributed by atoms with van der Waals surface area (Å²) >= 11 is 0. The summed E-state index contributed by atoms with van der Waals surface area (Å²) in [6, 6.07) is 9.66. The lowest BCUT2D eigenvalue weighted by Gasteiger charge is -2.14. The van der Waals surface area contributed by atoms with Crippen molar-refractivity contribution in [1.29, 1.82) is 0 Å². The third kappa shape index (κ3) is 6.05. The number of amides is 2. The van der Waals surface area contributed by atoms with Gasteiger partial charge in [0.2, 0.25) is 5.91 Å². The van der Waals surface area contributed by atoms with Crippen molar-refractivity contribution in [3.8, 4) is 0 Å². The van der Waals surface area contributed by atoms with Crippen LogP contribution in [0.3, 0.4) is 0 Å². The van der Waals surface area contributed by atoms with E-state index >= 15 is 0 Å². The van der Waals surface area contributed by atoms with Gasteiger partial charge in [0.25, 0.3) is 11.5 Å². The summed E-state index contributed by atoms with van der Waals surface area (Å²) in [5, 5.41) is 5.39. The highest BCUT2D eigenvalue weighted by Crippen LogP contribution is 2.10. The number of pyridine rings is 1. The molecule has 1 heterocycles. The van der Waals surface area contributed by atoms with E-state index in [0.29, 0.717) is 11.3 Å². The second kappa shape index (κ2) is 9.65. The summed E-state index contributed by atoms with van der Waals surface area (Å²) in [5.74, 6) is -0.612. The Morgan fingerprint density at radius 3 is 2.37 bits per heavy atom. The number of carbonyl (C=O) groups is 2. The SMILES string of the molecule is COC(CNC(=O)c1ccc(NC(=O)Cn2ccc(C)cc2=O)cc1)OC. The van der Waals surface area contributed by atoms with Crippen molar-refractivity contribution in [2.45, 2.75) is 19.8 Å². The van der Waals surface area contributed by atoms with Crippen molar-refractivity contribution < 1.29 is 19.1 Å². The third-order valence-electron chi connectivity index (χ3n) is 3.85. The molecule has 144 valence electrons. The van der Waals surface area contributed by atoms with Gasteiger partial charge in [0.1, 0.15) is 6.54 Å². The molecule has 0 radical (unpaired) electrons. The number of benzene rings is 1. The van der Waals surface area contributed by atoms with E-state index in [2.05, 4.69) is 10.6 Å². The van der Waals surface area contributed by atoms with Gasteiger partial charge in [-0.05, 0) is 42.8 Å². The molecular formula is C19H23N3O5. The van der Waals surface area contributed by atoms with E-state index in [4.69, 9.17) is 9.47 Å². The van der Waals surface area contributed by atoms with Crippen LogP contribution in [0.25, 0.3) is 0 Å². The minimum Gasteiger partial charge on any atom is -0.354 e. The monoisotopic (exact) mass is 373 g/mol. The van der Waals surface area contributed by atoms with Gasteiger partial charge in [-0.25, -0.2) is 0 Å². The molecule has 0 atom stereocenters. The van der Waals surface area contributed by atoms with E-state index in [1.54, 1.807) is 36.5 Å². The number of methoxy groups -OCH3 is 2. The molecule has 0 aliphatic carbocycles. The van der Waals surface area contributed by atoms with Gasteiger partial charge in [-0.15, -0.1) is 0 Å². The van der Waals surface area contributed by atoms with Gasteiger partial charge in [-0.2, -0.15) is 0 Å². The average molecular weight is 373 g/mol. The molecule has 0 unspecified atom stereocenters. The number of carbonyl (C=O) groups excluding carboxylic acids is 2. The Bertz CT molecular complexity index is 841. The fourth-order valence-electron chi connectivity index (χ4n) is 2.34. The predicted octanol–water partition coefficient (Wildman–Crippen LogP) is 1.14. The Morgan fingerprint density at radius 2 is 1.78 bits per heavy atom. The first-order valence-corrected chi connectivity index (χ1v) is 8.33. The summed E-state index contributed by atoms with van der Waals surface area (Å²) in [6.45, 7) is 1.95. The highest BCUT2D eigenvalue weighted by Gasteiger charge is 2.10. The van der Waals surface area contributed by atoms with Crippen LogP contribution in [0.15, 0.2) is 47.4 Å². The molecule has 2 amide bonds. The highest BCUT2D eigenvalue weighted by molar-refractivity contribution is 5.95. The first kappa shape index (κ1) is 20.3.